The molecule has 3 N–H and O–H groups in total. The molecule has 22 heavy (non-hydrogen) atoms. The number of urea groups is 1. The lowest BCUT2D eigenvalue weighted by Crippen LogP contribution is -2.32. The third-order valence-corrected chi connectivity index (χ3v) is 3.17. The summed E-state index contributed by atoms with van der Waals surface area (Å²) in [5.74, 6) is -0.939. The van der Waals surface area contributed by atoms with Crippen molar-refractivity contribution >= 4 is 11.7 Å². The summed E-state index contributed by atoms with van der Waals surface area (Å²) < 4.78 is 26.4. The zero-order valence-electron chi connectivity index (χ0n) is 11.9. The number of rotatable bonds is 4. The Bertz CT molecular complexity index is 639. The van der Waals surface area contributed by atoms with Crippen molar-refractivity contribution in [2.75, 3.05) is 11.9 Å². The number of nitrogens with one attached hydrogen (secondary N) is 2. The summed E-state index contributed by atoms with van der Waals surface area (Å²) in [7, 11) is 0. The number of aliphatic hydroxyl groups excluding tert-OH is 1. The number of benzene rings is 2. The first kappa shape index (κ1) is 15.9. The number of carbonyl (C=O) groups is 1. The molecule has 2 rings (SSSR count). The number of amides is 2. The van der Waals surface area contributed by atoms with E-state index in [9.17, 15) is 18.7 Å². The largest absolute Gasteiger partial charge is 0.387 e. The fourth-order valence-corrected chi connectivity index (χ4v) is 1.94. The number of aliphatic hydroxyl groups is 1. The fraction of sp³-hybridized carbons (Fsp3) is 0.188. The number of para-hydroxylation sites is 1. The zero-order chi connectivity index (χ0) is 16.1. The molecule has 6 heteroatoms. The second-order valence-corrected chi connectivity index (χ2v) is 4.83. The Kier molecular flexibility index (Phi) is 5.06. The molecule has 0 aliphatic heterocycles. The maximum Gasteiger partial charge on any atom is 0.319 e. The smallest absolute Gasteiger partial charge is 0.319 e. The minimum atomic E-state index is -0.979. The molecular formula is C16H16F2N2O2. The summed E-state index contributed by atoms with van der Waals surface area (Å²) in [6, 6.07) is 9.15. The minimum absolute atomic E-state index is 0.0784. The van der Waals surface area contributed by atoms with Gasteiger partial charge in [0.15, 0.2) is 0 Å². The van der Waals surface area contributed by atoms with Gasteiger partial charge in [-0.2, -0.15) is 0 Å². The van der Waals surface area contributed by atoms with Gasteiger partial charge in [-0.1, -0.05) is 24.3 Å². The monoisotopic (exact) mass is 306 g/mol. The molecule has 0 spiro atoms. The van der Waals surface area contributed by atoms with Gasteiger partial charge in [-0.05, 0) is 36.2 Å². The number of hydrogen-bond donors (Lipinski definition) is 3. The minimum Gasteiger partial charge on any atom is -0.387 e. The van der Waals surface area contributed by atoms with Crippen LogP contribution in [0.5, 0.6) is 0 Å². The van der Waals surface area contributed by atoms with Gasteiger partial charge in [0.25, 0.3) is 0 Å². The molecule has 1 atom stereocenters. The molecule has 0 saturated heterocycles. The molecule has 0 fully saturated rings. The molecule has 0 heterocycles. The van der Waals surface area contributed by atoms with Gasteiger partial charge < -0.3 is 15.7 Å². The molecule has 0 unspecified atom stereocenters. The molecule has 0 aliphatic carbocycles. The number of halogens is 2. The van der Waals surface area contributed by atoms with Crippen LogP contribution >= 0.6 is 0 Å². The predicted octanol–water partition coefficient (Wildman–Crippen LogP) is 3.13. The van der Waals surface area contributed by atoms with Gasteiger partial charge in [0, 0.05) is 6.54 Å². The predicted molar refractivity (Wildman–Crippen MR) is 79.5 cm³/mol. The average Bonchev–Trinajstić information content (AvgIpc) is 2.49. The quantitative estimate of drug-likeness (QED) is 0.812. The number of carbonyl (C=O) groups excluding carboxylic acids is 1. The van der Waals surface area contributed by atoms with Crippen LogP contribution in [0.4, 0.5) is 19.3 Å². The van der Waals surface area contributed by atoms with E-state index in [1.54, 1.807) is 19.1 Å². The maximum absolute atomic E-state index is 13.6. The molecule has 2 aromatic carbocycles. The van der Waals surface area contributed by atoms with Gasteiger partial charge >= 0.3 is 6.03 Å². The van der Waals surface area contributed by atoms with Gasteiger partial charge in [0.1, 0.15) is 11.6 Å². The van der Waals surface area contributed by atoms with Crippen molar-refractivity contribution in [3.63, 3.8) is 0 Å². The molecule has 0 bridgehead atoms. The molecule has 116 valence electrons. The number of anilines is 1. The second kappa shape index (κ2) is 7.00. The number of hydrogen-bond acceptors (Lipinski definition) is 2. The lowest BCUT2D eigenvalue weighted by atomic mass is 10.1. The van der Waals surface area contributed by atoms with Gasteiger partial charge in [0.2, 0.25) is 0 Å². The third kappa shape index (κ3) is 4.02. The summed E-state index contributed by atoms with van der Waals surface area (Å²) in [6.07, 6.45) is -0.979. The van der Waals surface area contributed by atoms with E-state index < -0.39 is 23.8 Å². The molecule has 4 nitrogen and oxygen atoms in total. The van der Waals surface area contributed by atoms with Crippen LogP contribution in [0.3, 0.4) is 0 Å². The average molecular weight is 306 g/mol. The second-order valence-electron chi connectivity index (χ2n) is 4.83. The standard InChI is InChI=1S/C16H16F2N2O2/c1-10-3-2-4-13(18)15(10)20-16(22)19-9-14(21)11-5-7-12(17)8-6-11/h2-8,14,21H,9H2,1H3,(H2,19,20,22)/t14-/m1/s1. The van der Waals surface area contributed by atoms with E-state index in [1.165, 1.54) is 30.3 Å². The van der Waals surface area contributed by atoms with Crippen LogP contribution in [-0.2, 0) is 0 Å². The summed E-state index contributed by atoms with van der Waals surface area (Å²) >= 11 is 0. The van der Waals surface area contributed by atoms with Gasteiger partial charge in [-0.15, -0.1) is 0 Å². The Morgan fingerprint density at radius 1 is 1.18 bits per heavy atom. The summed E-state index contributed by atoms with van der Waals surface area (Å²) in [4.78, 5) is 11.7. The highest BCUT2D eigenvalue weighted by Gasteiger charge is 2.12. The van der Waals surface area contributed by atoms with E-state index in [1.807, 2.05) is 0 Å². The van der Waals surface area contributed by atoms with Crippen LogP contribution in [-0.4, -0.2) is 17.7 Å². The van der Waals surface area contributed by atoms with Crippen molar-refractivity contribution in [2.24, 2.45) is 0 Å². The highest BCUT2D eigenvalue weighted by atomic mass is 19.1. The highest BCUT2D eigenvalue weighted by molar-refractivity contribution is 5.90. The molecule has 0 aliphatic rings. The Labute approximate surface area is 126 Å². The van der Waals surface area contributed by atoms with Gasteiger partial charge in [-0.25, -0.2) is 13.6 Å². The lowest BCUT2D eigenvalue weighted by molar-refractivity contribution is 0.175. The van der Waals surface area contributed by atoms with Crippen molar-refractivity contribution in [1.29, 1.82) is 0 Å². The number of aryl methyl sites for hydroxylation is 1. The zero-order valence-corrected chi connectivity index (χ0v) is 11.9. The van der Waals surface area contributed by atoms with Crippen molar-refractivity contribution in [2.45, 2.75) is 13.0 Å². The highest BCUT2D eigenvalue weighted by Crippen LogP contribution is 2.18. The molecule has 0 radical (unpaired) electrons. The molecule has 2 amide bonds. The van der Waals surface area contributed by atoms with Crippen LogP contribution in [0.15, 0.2) is 42.5 Å². The molecule has 0 saturated carbocycles. The molecule has 2 aromatic rings. The first-order chi connectivity index (χ1) is 10.5. The fourth-order valence-electron chi connectivity index (χ4n) is 1.94. The van der Waals surface area contributed by atoms with Crippen molar-refractivity contribution < 1.29 is 18.7 Å². The van der Waals surface area contributed by atoms with E-state index in [0.29, 0.717) is 11.1 Å². The van der Waals surface area contributed by atoms with Crippen LogP contribution in [0.2, 0.25) is 0 Å². The van der Waals surface area contributed by atoms with Crippen LogP contribution in [0.25, 0.3) is 0 Å². The van der Waals surface area contributed by atoms with Crippen LogP contribution in [0.1, 0.15) is 17.2 Å². The van der Waals surface area contributed by atoms with E-state index in [0.717, 1.165) is 0 Å². The van der Waals surface area contributed by atoms with Crippen LogP contribution in [0, 0.1) is 18.6 Å². The Hall–Kier alpha value is -2.47. The first-order valence-corrected chi connectivity index (χ1v) is 6.71. The van der Waals surface area contributed by atoms with Crippen molar-refractivity contribution in [3.8, 4) is 0 Å². The molecular weight excluding hydrogens is 290 g/mol. The van der Waals surface area contributed by atoms with Gasteiger partial charge in [-0.3, -0.25) is 0 Å². The van der Waals surface area contributed by atoms with Crippen LogP contribution < -0.4 is 10.6 Å². The van der Waals surface area contributed by atoms with E-state index in [2.05, 4.69) is 10.6 Å². The van der Waals surface area contributed by atoms with E-state index in [-0.39, 0.29) is 12.2 Å². The van der Waals surface area contributed by atoms with E-state index in [4.69, 9.17) is 0 Å². The summed E-state index contributed by atoms with van der Waals surface area (Å²) in [5.41, 5.74) is 1.16. The Morgan fingerprint density at radius 3 is 2.50 bits per heavy atom. The van der Waals surface area contributed by atoms with Gasteiger partial charge in [0.05, 0.1) is 11.8 Å². The maximum atomic E-state index is 13.6. The van der Waals surface area contributed by atoms with Crippen molar-refractivity contribution in [3.05, 3.63) is 65.2 Å². The summed E-state index contributed by atoms with van der Waals surface area (Å²) in [6.45, 7) is 1.59. The SMILES string of the molecule is Cc1cccc(F)c1NC(=O)NC[C@@H](O)c1ccc(F)cc1. The third-order valence-electron chi connectivity index (χ3n) is 3.17. The first-order valence-electron chi connectivity index (χ1n) is 6.71. The topological polar surface area (TPSA) is 61.4 Å². The summed E-state index contributed by atoms with van der Waals surface area (Å²) in [5, 5.41) is 14.7. The molecule has 0 aromatic heterocycles. The van der Waals surface area contributed by atoms with E-state index >= 15 is 0 Å². The van der Waals surface area contributed by atoms with Crippen molar-refractivity contribution in [1.82, 2.24) is 5.32 Å². The Morgan fingerprint density at radius 2 is 1.86 bits per heavy atom. The lowest BCUT2D eigenvalue weighted by Gasteiger charge is -2.14. The Balaban J connectivity index is 1.91. The normalized spacial score (nSPS) is 11.8.